The third-order valence-corrected chi connectivity index (χ3v) is 4.88. The Labute approximate surface area is 131 Å². The number of amides is 2. The van der Waals surface area contributed by atoms with E-state index >= 15 is 0 Å². The topological polar surface area (TPSA) is 72.2 Å². The van der Waals surface area contributed by atoms with Gasteiger partial charge in [0.25, 0.3) is 5.91 Å². The van der Waals surface area contributed by atoms with Gasteiger partial charge in [0.05, 0.1) is 5.56 Å². The number of unbranched alkanes of at least 4 members (excludes halogenated alkanes) is 1. The van der Waals surface area contributed by atoms with Gasteiger partial charge in [-0.15, -0.1) is 11.3 Å². The van der Waals surface area contributed by atoms with E-state index < -0.39 is 5.91 Å². The predicted octanol–water partition coefficient (Wildman–Crippen LogP) is 3.87. The number of aryl methyl sites for hydroxylation is 1. The quantitative estimate of drug-likeness (QED) is 0.765. The van der Waals surface area contributed by atoms with Gasteiger partial charge in [-0.05, 0) is 31.7 Å². The number of primary amides is 1. The maximum absolute atomic E-state index is 12.4. The molecule has 1 aromatic rings. The molecule has 0 aliphatic carbocycles. The molecule has 3 N–H and O–H groups in total. The second kappa shape index (κ2) is 8.17. The van der Waals surface area contributed by atoms with Crippen LogP contribution in [-0.4, -0.2) is 11.8 Å². The fourth-order valence-corrected chi connectivity index (χ4v) is 3.69. The van der Waals surface area contributed by atoms with E-state index in [1.165, 1.54) is 11.3 Å². The highest BCUT2D eigenvalue weighted by molar-refractivity contribution is 7.16. The van der Waals surface area contributed by atoms with Crippen LogP contribution in [0, 0.1) is 12.8 Å². The van der Waals surface area contributed by atoms with Gasteiger partial charge in [0.2, 0.25) is 5.91 Å². The Morgan fingerprint density at radius 3 is 2.43 bits per heavy atom. The van der Waals surface area contributed by atoms with Crippen molar-refractivity contribution in [3.05, 3.63) is 16.0 Å². The third kappa shape index (κ3) is 4.30. The number of hydrogen-bond acceptors (Lipinski definition) is 3. The van der Waals surface area contributed by atoms with Gasteiger partial charge >= 0.3 is 0 Å². The minimum atomic E-state index is -0.465. The van der Waals surface area contributed by atoms with Crippen molar-refractivity contribution in [2.45, 2.75) is 59.8 Å². The maximum Gasteiger partial charge on any atom is 0.251 e. The molecule has 0 aliphatic rings. The van der Waals surface area contributed by atoms with Crippen LogP contribution in [0.1, 0.15) is 67.3 Å². The van der Waals surface area contributed by atoms with E-state index in [1.54, 1.807) is 0 Å². The number of hydrogen-bond donors (Lipinski definition) is 2. The summed E-state index contributed by atoms with van der Waals surface area (Å²) in [5, 5.41) is 3.53. The first-order chi connectivity index (χ1) is 9.96. The summed E-state index contributed by atoms with van der Waals surface area (Å²) in [4.78, 5) is 25.1. The third-order valence-electron chi connectivity index (χ3n) is 3.82. The van der Waals surface area contributed by atoms with Gasteiger partial charge in [0, 0.05) is 10.8 Å². The Balaban J connectivity index is 2.96. The second-order valence-corrected chi connectivity index (χ2v) is 6.52. The number of thiophene rings is 1. The van der Waals surface area contributed by atoms with E-state index in [0.29, 0.717) is 10.6 Å². The first kappa shape index (κ1) is 17.7. The number of anilines is 1. The van der Waals surface area contributed by atoms with Crippen molar-refractivity contribution in [2.75, 3.05) is 5.32 Å². The number of carbonyl (C=O) groups excluding carboxylic acids is 2. The standard InChI is InChI=1S/C16H26N2O2S/c1-5-8-9-11(6-2)15(20)18-16-13(14(17)19)12(7-3)10(4)21-16/h11H,5-9H2,1-4H3,(H2,17,19)(H,18,20)/t11-/m0/s1. The summed E-state index contributed by atoms with van der Waals surface area (Å²) in [7, 11) is 0. The first-order valence-electron chi connectivity index (χ1n) is 7.69. The first-order valence-corrected chi connectivity index (χ1v) is 8.50. The van der Waals surface area contributed by atoms with Gasteiger partial charge in [-0.3, -0.25) is 9.59 Å². The molecule has 1 aromatic heterocycles. The molecule has 0 saturated heterocycles. The zero-order valence-corrected chi connectivity index (χ0v) is 14.2. The number of rotatable bonds is 8. The largest absolute Gasteiger partial charge is 0.365 e. The summed E-state index contributed by atoms with van der Waals surface area (Å²) in [5.41, 5.74) is 6.92. The van der Waals surface area contributed by atoms with Crippen LogP contribution in [0.5, 0.6) is 0 Å². The lowest BCUT2D eigenvalue weighted by atomic mass is 9.98. The molecule has 21 heavy (non-hydrogen) atoms. The predicted molar refractivity (Wildman–Crippen MR) is 88.9 cm³/mol. The number of nitrogens with two attached hydrogens (primary N) is 1. The fraction of sp³-hybridized carbons (Fsp3) is 0.625. The molecule has 0 unspecified atom stereocenters. The summed E-state index contributed by atoms with van der Waals surface area (Å²) in [5.74, 6) is -0.469. The normalized spacial score (nSPS) is 12.2. The molecule has 0 aromatic carbocycles. The van der Waals surface area contributed by atoms with Crippen molar-refractivity contribution in [3.8, 4) is 0 Å². The van der Waals surface area contributed by atoms with Crippen LogP contribution in [-0.2, 0) is 11.2 Å². The molecule has 0 saturated carbocycles. The molecule has 0 bridgehead atoms. The van der Waals surface area contributed by atoms with Crippen molar-refractivity contribution >= 4 is 28.2 Å². The average molecular weight is 310 g/mol. The molecule has 1 heterocycles. The highest BCUT2D eigenvalue weighted by Gasteiger charge is 2.23. The Morgan fingerprint density at radius 2 is 1.95 bits per heavy atom. The summed E-state index contributed by atoms with van der Waals surface area (Å²) in [6.45, 7) is 8.08. The van der Waals surface area contributed by atoms with Crippen LogP contribution < -0.4 is 11.1 Å². The maximum atomic E-state index is 12.4. The molecule has 0 fully saturated rings. The minimum absolute atomic E-state index is 0.00170. The van der Waals surface area contributed by atoms with Gasteiger partial charge in [-0.1, -0.05) is 33.6 Å². The SMILES string of the molecule is CCCC[C@H](CC)C(=O)Nc1sc(C)c(CC)c1C(N)=O. The molecule has 1 rings (SSSR count). The Hall–Kier alpha value is -1.36. The van der Waals surface area contributed by atoms with E-state index in [-0.39, 0.29) is 11.8 Å². The van der Waals surface area contributed by atoms with E-state index in [0.717, 1.165) is 42.5 Å². The lowest BCUT2D eigenvalue weighted by Gasteiger charge is -2.14. The molecule has 0 aliphatic heterocycles. The van der Waals surface area contributed by atoms with Crippen molar-refractivity contribution in [1.29, 1.82) is 0 Å². The zero-order valence-electron chi connectivity index (χ0n) is 13.4. The molecule has 5 heteroatoms. The second-order valence-electron chi connectivity index (χ2n) is 5.30. The number of carbonyl (C=O) groups is 2. The van der Waals surface area contributed by atoms with Crippen LogP contribution in [0.25, 0.3) is 0 Å². The minimum Gasteiger partial charge on any atom is -0.365 e. The van der Waals surface area contributed by atoms with Crippen LogP contribution >= 0.6 is 11.3 Å². The van der Waals surface area contributed by atoms with Gasteiger partial charge in [0.15, 0.2) is 0 Å². The summed E-state index contributed by atoms with van der Waals surface area (Å²) < 4.78 is 0. The fourth-order valence-electron chi connectivity index (χ4n) is 2.54. The lowest BCUT2D eigenvalue weighted by Crippen LogP contribution is -2.24. The van der Waals surface area contributed by atoms with E-state index in [9.17, 15) is 9.59 Å². The van der Waals surface area contributed by atoms with Crippen molar-refractivity contribution in [3.63, 3.8) is 0 Å². The Bertz CT molecular complexity index is 509. The van der Waals surface area contributed by atoms with Crippen molar-refractivity contribution < 1.29 is 9.59 Å². The molecule has 118 valence electrons. The lowest BCUT2D eigenvalue weighted by molar-refractivity contribution is -0.120. The van der Waals surface area contributed by atoms with Crippen molar-refractivity contribution in [1.82, 2.24) is 0 Å². The van der Waals surface area contributed by atoms with E-state index in [2.05, 4.69) is 12.2 Å². The van der Waals surface area contributed by atoms with Crippen LogP contribution in [0.4, 0.5) is 5.00 Å². The van der Waals surface area contributed by atoms with Gasteiger partial charge < -0.3 is 11.1 Å². The van der Waals surface area contributed by atoms with Crippen LogP contribution in [0.15, 0.2) is 0 Å². The highest BCUT2D eigenvalue weighted by Crippen LogP contribution is 2.33. The molecular formula is C16H26N2O2S. The highest BCUT2D eigenvalue weighted by atomic mass is 32.1. The molecule has 1 atom stereocenters. The Kier molecular flexibility index (Phi) is 6.89. The van der Waals surface area contributed by atoms with E-state index in [4.69, 9.17) is 5.73 Å². The number of nitrogens with one attached hydrogen (secondary N) is 1. The Morgan fingerprint density at radius 1 is 1.29 bits per heavy atom. The van der Waals surface area contributed by atoms with Crippen LogP contribution in [0.3, 0.4) is 0 Å². The van der Waals surface area contributed by atoms with Gasteiger partial charge in [0.1, 0.15) is 5.00 Å². The van der Waals surface area contributed by atoms with E-state index in [1.807, 2.05) is 20.8 Å². The van der Waals surface area contributed by atoms with Gasteiger partial charge in [-0.25, -0.2) is 0 Å². The monoisotopic (exact) mass is 310 g/mol. The molecule has 2 amide bonds. The zero-order chi connectivity index (χ0) is 16.0. The molecule has 0 spiro atoms. The summed E-state index contributed by atoms with van der Waals surface area (Å²) in [6, 6.07) is 0. The van der Waals surface area contributed by atoms with Crippen LogP contribution in [0.2, 0.25) is 0 Å². The smallest absolute Gasteiger partial charge is 0.251 e. The summed E-state index contributed by atoms with van der Waals surface area (Å²) in [6.07, 6.45) is 4.55. The van der Waals surface area contributed by atoms with Gasteiger partial charge in [-0.2, -0.15) is 0 Å². The molecular weight excluding hydrogens is 284 g/mol. The average Bonchev–Trinajstić information content (AvgIpc) is 2.75. The molecule has 4 nitrogen and oxygen atoms in total. The van der Waals surface area contributed by atoms with Crippen molar-refractivity contribution in [2.24, 2.45) is 11.7 Å². The molecule has 0 radical (unpaired) electrons. The summed E-state index contributed by atoms with van der Waals surface area (Å²) >= 11 is 1.44.